The highest BCUT2D eigenvalue weighted by Crippen LogP contribution is 2.32. The van der Waals surface area contributed by atoms with Crippen molar-refractivity contribution in [3.63, 3.8) is 0 Å². The summed E-state index contributed by atoms with van der Waals surface area (Å²) in [4.78, 5) is 27.9. The number of aliphatic hydroxyl groups excluding tert-OH is 1. The Bertz CT molecular complexity index is 1100. The molecule has 194 valence electrons. The molecule has 1 saturated heterocycles. The summed E-state index contributed by atoms with van der Waals surface area (Å²) in [6.45, 7) is 7.01. The van der Waals surface area contributed by atoms with Crippen LogP contribution < -0.4 is 10.9 Å². The molecule has 0 unspecified atom stereocenters. The van der Waals surface area contributed by atoms with Crippen molar-refractivity contribution in [3.05, 3.63) is 39.8 Å². The summed E-state index contributed by atoms with van der Waals surface area (Å²) in [5, 5.41) is 17.6. The van der Waals surface area contributed by atoms with Crippen LogP contribution in [0.3, 0.4) is 0 Å². The fraction of sp³-hybridized carbons (Fsp3) is 0.625. The number of likely N-dealkylation sites (tertiary alicyclic amines) is 1. The standard InChI is InChI=1S/C24H33F3N4O4/c1-14(2)22-18-11-16(24(25,26)27)5-6-17(18)23(34)31(29-22)13-21(33)28-19-12-30(10-8-20(19)32)9-7-15(3)35-4/h5-6,11,14-15,19-20,32H,7-10,12-13H2,1-4H3,(H,28,33)/t15-,19-,20+/m0/s1. The molecule has 3 atom stereocenters. The molecule has 3 rings (SSSR count). The maximum Gasteiger partial charge on any atom is 0.416 e. The van der Waals surface area contributed by atoms with Crippen LogP contribution in [0.5, 0.6) is 0 Å². The van der Waals surface area contributed by atoms with Gasteiger partial charge >= 0.3 is 6.18 Å². The molecule has 1 aliphatic heterocycles. The Kier molecular flexibility index (Phi) is 8.55. The maximum atomic E-state index is 13.2. The third-order valence-electron chi connectivity index (χ3n) is 6.42. The molecule has 35 heavy (non-hydrogen) atoms. The van der Waals surface area contributed by atoms with Crippen molar-refractivity contribution in [1.82, 2.24) is 20.0 Å². The average Bonchev–Trinajstić information content (AvgIpc) is 2.79. The number of hydrogen-bond donors (Lipinski definition) is 2. The Labute approximate surface area is 202 Å². The SMILES string of the molecule is CO[C@@H](C)CCN1CC[C@@H](O)[C@@H](NC(=O)Cn2nc(C(C)C)c3cc(C(F)(F)F)ccc3c2=O)C1. The number of methoxy groups -OCH3 is 1. The summed E-state index contributed by atoms with van der Waals surface area (Å²) >= 11 is 0. The minimum atomic E-state index is -4.55. The van der Waals surface area contributed by atoms with E-state index in [-0.39, 0.29) is 22.8 Å². The number of halogens is 3. The molecule has 1 aromatic carbocycles. The number of rotatable bonds is 8. The van der Waals surface area contributed by atoms with E-state index < -0.39 is 41.9 Å². The Morgan fingerprint density at radius 3 is 2.63 bits per heavy atom. The Morgan fingerprint density at radius 1 is 1.29 bits per heavy atom. The van der Waals surface area contributed by atoms with Crippen molar-refractivity contribution in [2.75, 3.05) is 26.7 Å². The van der Waals surface area contributed by atoms with E-state index in [1.54, 1.807) is 21.0 Å². The largest absolute Gasteiger partial charge is 0.416 e. The van der Waals surface area contributed by atoms with Crippen molar-refractivity contribution in [2.45, 2.75) is 70.5 Å². The van der Waals surface area contributed by atoms with Crippen LogP contribution in [0.4, 0.5) is 13.2 Å². The van der Waals surface area contributed by atoms with Crippen molar-refractivity contribution in [3.8, 4) is 0 Å². The van der Waals surface area contributed by atoms with Crippen molar-refractivity contribution in [1.29, 1.82) is 0 Å². The highest BCUT2D eigenvalue weighted by Gasteiger charge is 2.32. The second-order valence-electron chi connectivity index (χ2n) is 9.43. The van der Waals surface area contributed by atoms with E-state index in [1.165, 1.54) is 0 Å². The topological polar surface area (TPSA) is 96.7 Å². The number of benzene rings is 1. The lowest BCUT2D eigenvalue weighted by atomic mass is 10.0. The number of nitrogens with zero attached hydrogens (tertiary/aromatic N) is 3. The first-order valence-corrected chi connectivity index (χ1v) is 11.7. The quantitative estimate of drug-likeness (QED) is 0.581. The summed E-state index contributed by atoms with van der Waals surface area (Å²) < 4.78 is 45.9. The third kappa shape index (κ3) is 6.59. The molecule has 1 aliphatic rings. The second-order valence-corrected chi connectivity index (χ2v) is 9.43. The molecule has 11 heteroatoms. The normalized spacial score (nSPS) is 20.4. The van der Waals surface area contributed by atoms with Gasteiger partial charge in [-0.15, -0.1) is 0 Å². The number of nitrogens with one attached hydrogen (secondary N) is 1. The first-order chi connectivity index (χ1) is 16.4. The Morgan fingerprint density at radius 2 is 2.00 bits per heavy atom. The van der Waals surface area contributed by atoms with Gasteiger partial charge in [0.1, 0.15) is 6.54 Å². The zero-order valence-corrected chi connectivity index (χ0v) is 20.4. The molecular formula is C24H33F3N4O4. The van der Waals surface area contributed by atoms with Crippen LogP contribution in [-0.4, -0.2) is 70.7 Å². The molecule has 8 nitrogen and oxygen atoms in total. The number of hydrogen-bond acceptors (Lipinski definition) is 6. The molecule has 0 radical (unpaired) electrons. The first-order valence-electron chi connectivity index (χ1n) is 11.7. The van der Waals surface area contributed by atoms with E-state index in [0.29, 0.717) is 25.2 Å². The number of alkyl halides is 3. The van der Waals surface area contributed by atoms with Gasteiger partial charge in [0.25, 0.3) is 5.56 Å². The molecule has 2 N–H and O–H groups in total. The van der Waals surface area contributed by atoms with E-state index in [0.717, 1.165) is 35.8 Å². The monoisotopic (exact) mass is 498 g/mol. The molecule has 1 fully saturated rings. The minimum Gasteiger partial charge on any atom is -0.391 e. The zero-order valence-electron chi connectivity index (χ0n) is 20.4. The number of ether oxygens (including phenoxy) is 1. The fourth-order valence-electron chi connectivity index (χ4n) is 4.24. The molecule has 0 saturated carbocycles. The molecule has 2 heterocycles. The van der Waals surface area contributed by atoms with Gasteiger partial charge < -0.3 is 20.1 Å². The molecular weight excluding hydrogens is 465 g/mol. The first kappa shape index (κ1) is 27.1. The average molecular weight is 499 g/mol. The van der Waals surface area contributed by atoms with Crippen molar-refractivity contribution < 1.29 is 27.8 Å². The van der Waals surface area contributed by atoms with E-state index in [2.05, 4.69) is 15.3 Å². The van der Waals surface area contributed by atoms with E-state index in [1.807, 2.05) is 6.92 Å². The predicted molar refractivity (Wildman–Crippen MR) is 125 cm³/mol. The molecule has 1 amide bonds. The van der Waals surface area contributed by atoms with E-state index in [9.17, 15) is 27.9 Å². The van der Waals surface area contributed by atoms with Crippen LogP contribution in [0.15, 0.2) is 23.0 Å². The van der Waals surface area contributed by atoms with E-state index in [4.69, 9.17) is 4.74 Å². The van der Waals surface area contributed by atoms with Gasteiger partial charge in [0.05, 0.1) is 34.9 Å². The number of carbonyl (C=O) groups excluding carboxylic acids is 1. The Balaban J connectivity index is 1.79. The maximum absolute atomic E-state index is 13.2. The van der Waals surface area contributed by atoms with Crippen LogP contribution >= 0.6 is 0 Å². The zero-order chi connectivity index (χ0) is 25.9. The molecule has 2 aromatic rings. The second kappa shape index (κ2) is 11.0. The van der Waals surface area contributed by atoms with Gasteiger partial charge in [0.2, 0.25) is 5.91 Å². The Hall–Kier alpha value is -2.50. The number of fused-ring (bicyclic) bond motifs is 1. The van der Waals surface area contributed by atoms with Gasteiger partial charge in [0, 0.05) is 32.1 Å². The number of carbonyl (C=O) groups is 1. The predicted octanol–water partition coefficient (Wildman–Crippen LogP) is 2.52. The van der Waals surface area contributed by atoms with Crippen LogP contribution in [0, 0.1) is 0 Å². The third-order valence-corrected chi connectivity index (χ3v) is 6.42. The summed E-state index contributed by atoms with van der Waals surface area (Å²) in [6.07, 6.45) is -3.85. The van der Waals surface area contributed by atoms with Gasteiger partial charge in [-0.25, -0.2) is 4.68 Å². The van der Waals surface area contributed by atoms with Crippen molar-refractivity contribution >= 4 is 16.7 Å². The van der Waals surface area contributed by atoms with Gasteiger partial charge in [-0.3, -0.25) is 9.59 Å². The molecule has 0 bridgehead atoms. The highest BCUT2D eigenvalue weighted by molar-refractivity contribution is 5.85. The van der Waals surface area contributed by atoms with Crippen LogP contribution in [0.1, 0.15) is 50.8 Å². The summed E-state index contributed by atoms with van der Waals surface area (Å²) in [7, 11) is 1.65. The lowest BCUT2D eigenvalue weighted by molar-refractivity contribution is -0.137. The van der Waals surface area contributed by atoms with Gasteiger partial charge in [0.15, 0.2) is 0 Å². The highest BCUT2D eigenvalue weighted by atomic mass is 19.4. The lowest BCUT2D eigenvalue weighted by Gasteiger charge is -2.36. The number of amides is 1. The van der Waals surface area contributed by atoms with Gasteiger partial charge in [-0.2, -0.15) is 18.3 Å². The minimum absolute atomic E-state index is 0.0700. The number of aliphatic hydroxyl groups is 1. The van der Waals surface area contributed by atoms with Gasteiger partial charge in [-0.05, 0) is 43.9 Å². The molecule has 1 aromatic heterocycles. The van der Waals surface area contributed by atoms with Crippen molar-refractivity contribution in [2.24, 2.45) is 0 Å². The lowest BCUT2D eigenvalue weighted by Crippen LogP contribution is -2.56. The smallest absolute Gasteiger partial charge is 0.391 e. The van der Waals surface area contributed by atoms with Crippen LogP contribution in [0.2, 0.25) is 0 Å². The van der Waals surface area contributed by atoms with Gasteiger partial charge in [-0.1, -0.05) is 13.8 Å². The summed E-state index contributed by atoms with van der Waals surface area (Å²) in [6, 6.07) is 2.41. The van der Waals surface area contributed by atoms with Crippen LogP contribution in [-0.2, 0) is 22.3 Å². The summed E-state index contributed by atoms with van der Waals surface area (Å²) in [5.41, 5.74) is -1.21. The van der Waals surface area contributed by atoms with E-state index >= 15 is 0 Å². The number of aromatic nitrogens is 2. The fourth-order valence-corrected chi connectivity index (χ4v) is 4.24. The van der Waals surface area contributed by atoms with Crippen LogP contribution in [0.25, 0.3) is 10.8 Å². The molecule has 0 spiro atoms. The molecule has 0 aliphatic carbocycles. The summed E-state index contributed by atoms with van der Waals surface area (Å²) in [5.74, 6) is -0.782. The number of piperidine rings is 1.